The zero-order valence-corrected chi connectivity index (χ0v) is 15.7. The summed E-state index contributed by atoms with van der Waals surface area (Å²) in [7, 11) is 0. The first-order valence-electron chi connectivity index (χ1n) is 8.36. The summed E-state index contributed by atoms with van der Waals surface area (Å²) < 4.78 is 21.3. The summed E-state index contributed by atoms with van der Waals surface area (Å²) in [5, 5.41) is 11.6. The molecule has 4 aromatic rings. The Morgan fingerprint density at radius 3 is 2.30 bits per heavy atom. The van der Waals surface area contributed by atoms with E-state index in [0.29, 0.717) is 17.3 Å². The monoisotopic (exact) mass is 423 g/mol. The highest BCUT2D eigenvalue weighted by molar-refractivity contribution is 9.10. The lowest BCUT2D eigenvalue weighted by atomic mass is 10.1. The Morgan fingerprint density at radius 1 is 0.852 bits per heavy atom. The van der Waals surface area contributed by atoms with Gasteiger partial charge < -0.3 is 9.73 Å². The van der Waals surface area contributed by atoms with Gasteiger partial charge in [0.05, 0.1) is 0 Å². The molecule has 0 unspecified atom stereocenters. The summed E-state index contributed by atoms with van der Waals surface area (Å²) in [6, 6.07) is 23.0. The van der Waals surface area contributed by atoms with Crippen LogP contribution < -0.4 is 5.32 Å². The summed E-state index contributed by atoms with van der Waals surface area (Å²) in [6.07, 6.45) is 0. The Kier molecular flexibility index (Phi) is 4.98. The van der Waals surface area contributed by atoms with Gasteiger partial charge in [0.1, 0.15) is 11.9 Å². The Hall–Kier alpha value is -2.99. The quantitative estimate of drug-likeness (QED) is 0.437. The second kappa shape index (κ2) is 7.72. The highest BCUT2D eigenvalue weighted by Gasteiger charge is 2.24. The number of anilines is 1. The van der Waals surface area contributed by atoms with Crippen LogP contribution in [0.4, 0.5) is 10.1 Å². The molecule has 1 N–H and O–H groups in total. The number of hydrogen-bond donors (Lipinski definition) is 1. The Bertz CT molecular complexity index is 1030. The normalized spacial score (nSPS) is 11.9. The van der Waals surface area contributed by atoms with Crippen LogP contribution in [-0.4, -0.2) is 10.2 Å². The molecular formula is C21H15BrFN3O. The summed E-state index contributed by atoms with van der Waals surface area (Å²) >= 11 is 3.41. The summed E-state index contributed by atoms with van der Waals surface area (Å²) in [6.45, 7) is 0. The molecule has 1 atom stereocenters. The molecule has 4 rings (SSSR count). The van der Waals surface area contributed by atoms with Crippen molar-refractivity contribution < 1.29 is 8.81 Å². The minimum absolute atomic E-state index is 0.293. The van der Waals surface area contributed by atoms with Gasteiger partial charge in [0.2, 0.25) is 11.8 Å². The van der Waals surface area contributed by atoms with E-state index in [1.54, 1.807) is 18.2 Å². The van der Waals surface area contributed by atoms with E-state index in [4.69, 9.17) is 4.42 Å². The molecule has 0 aliphatic carbocycles. The molecule has 0 spiro atoms. The van der Waals surface area contributed by atoms with Gasteiger partial charge in [-0.25, -0.2) is 4.39 Å². The average Bonchev–Trinajstić information content (AvgIpc) is 3.19. The van der Waals surface area contributed by atoms with Crippen molar-refractivity contribution in [2.24, 2.45) is 0 Å². The molecule has 0 bridgehead atoms. The van der Waals surface area contributed by atoms with Crippen molar-refractivity contribution in [2.45, 2.75) is 6.04 Å². The SMILES string of the molecule is Fc1ccccc1[C@@H](Nc1ccc(Br)cc1)c1nnc(-c2ccccc2)o1. The molecule has 27 heavy (non-hydrogen) atoms. The largest absolute Gasteiger partial charge is 0.418 e. The van der Waals surface area contributed by atoms with E-state index < -0.39 is 6.04 Å². The van der Waals surface area contributed by atoms with Crippen molar-refractivity contribution in [3.05, 3.63) is 101 Å². The van der Waals surface area contributed by atoms with Gasteiger partial charge in [-0.3, -0.25) is 0 Å². The lowest BCUT2D eigenvalue weighted by Gasteiger charge is -2.17. The maximum Gasteiger partial charge on any atom is 0.247 e. The van der Waals surface area contributed by atoms with Crippen molar-refractivity contribution >= 4 is 21.6 Å². The minimum Gasteiger partial charge on any atom is -0.418 e. The summed E-state index contributed by atoms with van der Waals surface area (Å²) in [4.78, 5) is 0. The zero-order valence-electron chi connectivity index (χ0n) is 14.1. The van der Waals surface area contributed by atoms with Crippen molar-refractivity contribution in [3.63, 3.8) is 0 Å². The van der Waals surface area contributed by atoms with E-state index in [1.165, 1.54) is 6.07 Å². The van der Waals surface area contributed by atoms with Gasteiger partial charge >= 0.3 is 0 Å². The smallest absolute Gasteiger partial charge is 0.247 e. The molecule has 1 aromatic heterocycles. The summed E-state index contributed by atoms with van der Waals surface area (Å²) in [5.74, 6) is 0.345. The maximum absolute atomic E-state index is 14.5. The first kappa shape index (κ1) is 17.4. The lowest BCUT2D eigenvalue weighted by molar-refractivity contribution is 0.485. The first-order valence-corrected chi connectivity index (χ1v) is 9.15. The van der Waals surface area contributed by atoms with Crippen LogP contribution in [-0.2, 0) is 0 Å². The molecule has 0 fully saturated rings. The molecule has 3 aromatic carbocycles. The van der Waals surface area contributed by atoms with Gasteiger partial charge in [-0.2, -0.15) is 0 Å². The Labute approximate surface area is 164 Å². The van der Waals surface area contributed by atoms with Gasteiger partial charge in [0.25, 0.3) is 0 Å². The molecule has 0 aliphatic heterocycles. The molecule has 134 valence electrons. The fourth-order valence-electron chi connectivity index (χ4n) is 2.74. The fourth-order valence-corrected chi connectivity index (χ4v) is 3.01. The van der Waals surface area contributed by atoms with Crippen LogP contribution in [0, 0.1) is 5.82 Å². The van der Waals surface area contributed by atoms with Crippen LogP contribution in [0.1, 0.15) is 17.5 Å². The Balaban J connectivity index is 1.73. The minimum atomic E-state index is -0.614. The predicted molar refractivity (Wildman–Crippen MR) is 106 cm³/mol. The molecule has 0 amide bonds. The van der Waals surface area contributed by atoms with E-state index in [0.717, 1.165) is 15.7 Å². The third-order valence-corrected chi connectivity index (χ3v) is 4.61. The van der Waals surface area contributed by atoms with Crippen molar-refractivity contribution in [2.75, 3.05) is 5.32 Å². The van der Waals surface area contributed by atoms with E-state index in [2.05, 4.69) is 31.4 Å². The number of nitrogens with zero attached hydrogens (tertiary/aromatic N) is 2. The highest BCUT2D eigenvalue weighted by Crippen LogP contribution is 2.30. The van der Waals surface area contributed by atoms with E-state index >= 15 is 0 Å². The maximum atomic E-state index is 14.5. The molecule has 4 nitrogen and oxygen atoms in total. The predicted octanol–water partition coefficient (Wildman–Crippen LogP) is 5.84. The third kappa shape index (κ3) is 3.90. The number of benzene rings is 3. The number of halogens is 2. The van der Waals surface area contributed by atoms with Gasteiger partial charge in [0, 0.05) is 21.3 Å². The van der Waals surface area contributed by atoms with Crippen molar-refractivity contribution in [1.29, 1.82) is 0 Å². The number of nitrogens with one attached hydrogen (secondary N) is 1. The zero-order chi connectivity index (χ0) is 18.6. The number of aromatic nitrogens is 2. The average molecular weight is 424 g/mol. The van der Waals surface area contributed by atoms with Crippen LogP contribution in [0.5, 0.6) is 0 Å². The van der Waals surface area contributed by atoms with Crippen LogP contribution in [0.3, 0.4) is 0 Å². The second-order valence-electron chi connectivity index (χ2n) is 5.92. The van der Waals surface area contributed by atoms with Gasteiger partial charge in [-0.05, 0) is 42.5 Å². The molecule has 1 heterocycles. The topological polar surface area (TPSA) is 51.0 Å². The van der Waals surface area contributed by atoms with E-state index in [-0.39, 0.29) is 5.82 Å². The standard InChI is InChI=1S/C21H15BrFN3O/c22-15-10-12-16(13-11-15)24-19(17-8-4-5-9-18(17)23)21-26-25-20(27-21)14-6-2-1-3-7-14/h1-13,19,24H/t19-/m1/s1. The van der Waals surface area contributed by atoms with Crippen LogP contribution in [0.15, 0.2) is 87.8 Å². The first-order chi connectivity index (χ1) is 13.2. The number of rotatable bonds is 5. The molecule has 6 heteroatoms. The molecule has 0 saturated carbocycles. The molecule has 0 radical (unpaired) electrons. The van der Waals surface area contributed by atoms with Crippen LogP contribution in [0.25, 0.3) is 11.5 Å². The number of hydrogen-bond acceptors (Lipinski definition) is 4. The molecule has 0 aliphatic rings. The van der Waals surface area contributed by atoms with E-state index in [9.17, 15) is 4.39 Å². The van der Waals surface area contributed by atoms with Crippen LogP contribution >= 0.6 is 15.9 Å². The summed E-state index contributed by atoms with van der Waals surface area (Å²) in [5.41, 5.74) is 2.06. The molecule has 0 saturated heterocycles. The second-order valence-corrected chi connectivity index (χ2v) is 6.83. The highest BCUT2D eigenvalue weighted by atomic mass is 79.9. The third-order valence-electron chi connectivity index (χ3n) is 4.08. The van der Waals surface area contributed by atoms with Crippen molar-refractivity contribution in [3.8, 4) is 11.5 Å². The van der Waals surface area contributed by atoms with Crippen LogP contribution in [0.2, 0.25) is 0 Å². The van der Waals surface area contributed by atoms with Gasteiger partial charge in [0.15, 0.2) is 0 Å². The van der Waals surface area contributed by atoms with E-state index in [1.807, 2.05) is 54.6 Å². The van der Waals surface area contributed by atoms with Gasteiger partial charge in [-0.15, -0.1) is 10.2 Å². The Morgan fingerprint density at radius 2 is 1.56 bits per heavy atom. The van der Waals surface area contributed by atoms with Gasteiger partial charge in [-0.1, -0.05) is 52.3 Å². The lowest BCUT2D eigenvalue weighted by Crippen LogP contribution is -2.14. The molecular weight excluding hydrogens is 409 g/mol. The van der Waals surface area contributed by atoms with Crippen molar-refractivity contribution in [1.82, 2.24) is 10.2 Å². The fraction of sp³-hybridized carbons (Fsp3) is 0.0476.